The topological polar surface area (TPSA) is 88.3 Å². The van der Waals surface area contributed by atoms with E-state index in [1.54, 1.807) is 4.90 Å². The third kappa shape index (κ3) is 4.57. The maximum Gasteiger partial charge on any atom is 0.229 e. The number of hydrogen-bond donors (Lipinski definition) is 1. The second-order valence-corrected chi connectivity index (χ2v) is 12.4. The number of anilines is 2. The molecule has 0 amide bonds. The summed E-state index contributed by atoms with van der Waals surface area (Å²) in [6.45, 7) is -1.33. The van der Waals surface area contributed by atoms with Gasteiger partial charge in [0.05, 0.1) is 5.39 Å². The van der Waals surface area contributed by atoms with Gasteiger partial charge in [0.15, 0.2) is 23.1 Å². The average molecular weight is 527 g/mol. The Morgan fingerprint density at radius 2 is 2.03 bits per heavy atom. The molecule has 11 heteroatoms. The van der Waals surface area contributed by atoms with Crippen LogP contribution in [0.2, 0.25) is 0 Å². The Morgan fingerprint density at radius 1 is 1.19 bits per heavy atom. The number of aryl methyl sites for hydroxylation is 1. The lowest BCUT2D eigenvalue weighted by Gasteiger charge is -2.37. The molecule has 1 aliphatic carbocycles. The van der Waals surface area contributed by atoms with E-state index in [4.69, 9.17) is 4.11 Å². The number of rotatable bonds is 4. The zero-order chi connectivity index (χ0) is 28.4. The van der Waals surface area contributed by atoms with E-state index >= 15 is 0 Å². The van der Waals surface area contributed by atoms with Gasteiger partial charge in [0.2, 0.25) is 5.95 Å². The normalized spacial score (nSPS) is 19.1. The molecule has 4 aromatic rings. The standard InChI is InChI=1S/C26H27F2N7OS/c1-34-12-16-6-4-5-15-9-18(10-17(13-34)23(15)16)30-26-29-11-19-21(28)14-35(25(19)32-26)22-8-7-20(27)24(31-22)33-37(2,3)36/h7-11,14,16H,4-6,12-13H2,1-3H3,(H,29,30,32)/t16-/m1/s1/i1D3. The van der Waals surface area contributed by atoms with Crippen LogP contribution in [0.15, 0.2) is 41.0 Å². The minimum Gasteiger partial charge on any atom is -0.324 e. The van der Waals surface area contributed by atoms with E-state index in [0.717, 1.165) is 30.9 Å². The molecule has 0 saturated carbocycles. The van der Waals surface area contributed by atoms with Gasteiger partial charge in [0.25, 0.3) is 0 Å². The predicted molar refractivity (Wildman–Crippen MR) is 140 cm³/mol. The van der Waals surface area contributed by atoms with Crippen LogP contribution in [-0.4, -0.2) is 54.7 Å². The van der Waals surface area contributed by atoms with Crippen molar-refractivity contribution in [1.82, 2.24) is 24.4 Å². The van der Waals surface area contributed by atoms with Gasteiger partial charge in [-0.3, -0.25) is 4.57 Å². The number of benzene rings is 1. The third-order valence-corrected chi connectivity index (χ3v) is 7.29. The van der Waals surface area contributed by atoms with Crippen LogP contribution in [0.25, 0.3) is 16.9 Å². The van der Waals surface area contributed by atoms with E-state index in [2.05, 4.69) is 24.6 Å². The molecule has 8 nitrogen and oxygen atoms in total. The fourth-order valence-electron chi connectivity index (χ4n) is 5.28. The first-order chi connectivity index (χ1) is 18.9. The Morgan fingerprint density at radius 3 is 2.84 bits per heavy atom. The molecule has 37 heavy (non-hydrogen) atoms. The van der Waals surface area contributed by atoms with Crippen LogP contribution in [0.1, 0.15) is 39.6 Å². The van der Waals surface area contributed by atoms with Crippen LogP contribution in [-0.2, 0) is 22.7 Å². The highest BCUT2D eigenvalue weighted by atomic mass is 32.2. The Kier molecular flexibility index (Phi) is 4.92. The van der Waals surface area contributed by atoms with Crippen molar-refractivity contribution in [3.8, 4) is 5.82 Å². The lowest BCUT2D eigenvalue weighted by Crippen LogP contribution is -2.33. The first kappa shape index (κ1) is 20.6. The van der Waals surface area contributed by atoms with Gasteiger partial charge in [0.1, 0.15) is 5.82 Å². The van der Waals surface area contributed by atoms with Crippen molar-refractivity contribution in [2.45, 2.75) is 31.7 Å². The maximum atomic E-state index is 14.8. The van der Waals surface area contributed by atoms with Gasteiger partial charge < -0.3 is 10.2 Å². The van der Waals surface area contributed by atoms with E-state index in [1.807, 2.05) is 12.1 Å². The summed E-state index contributed by atoms with van der Waals surface area (Å²) in [6, 6.07) is 6.47. The number of pyridine rings is 1. The van der Waals surface area contributed by atoms with E-state index in [1.165, 1.54) is 46.7 Å². The van der Waals surface area contributed by atoms with Crippen molar-refractivity contribution in [2.75, 3.05) is 31.3 Å². The molecule has 0 bridgehead atoms. The molecule has 4 heterocycles. The molecule has 192 valence electrons. The summed E-state index contributed by atoms with van der Waals surface area (Å²) in [7, 11) is -2.68. The predicted octanol–water partition coefficient (Wildman–Crippen LogP) is 5.06. The van der Waals surface area contributed by atoms with E-state index < -0.39 is 28.3 Å². The van der Waals surface area contributed by atoms with Gasteiger partial charge in [-0.05, 0) is 73.1 Å². The second kappa shape index (κ2) is 8.84. The Labute approximate surface area is 218 Å². The van der Waals surface area contributed by atoms with Crippen molar-refractivity contribution in [2.24, 2.45) is 4.36 Å². The molecular formula is C26H27F2N7OS. The van der Waals surface area contributed by atoms with Crippen LogP contribution >= 0.6 is 0 Å². The van der Waals surface area contributed by atoms with Gasteiger partial charge in [-0.1, -0.05) is 0 Å². The summed E-state index contributed by atoms with van der Waals surface area (Å²) >= 11 is 0. The Bertz CT molecular complexity index is 1770. The Hall–Kier alpha value is -3.44. The highest BCUT2D eigenvalue weighted by Gasteiger charge is 2.29. The lowest BCUT2D eigenvalue weighted by molar-refractivity contribution is 0.266. The SMILES string of the molecule is [2H]C([2H])([2H])N1Cc2cc(Nc3ncc4c(F)cn(-c5ccc(F)c(N=S(C)(C)=O)n5)c4n3)cc3c2[C@H](CCC3)C1. The molecule has 6 rings (SSSR count). The van der Waals surface area contributed by atoms with Crippen molar-refractivity contribution >= 4 is 38.2 Å². The largest absolute Gasteiger partial charge is 0.324 e. The molecular weight excluding hydrogens is 496 g/mol. The molecule has 3 aromatic heterocycles. The van der Waals surface area contributed by atoms with Crippen LogP contribution in [0, 0.1) is 11.6 Å². The number of nitrogens with one attached hydrogen (secondary N) is 1. The minimum absolute atomic E-state index is 0.140. The van der Waals surface area contributed by atoms with Gasteiger partial charge in [-0.25, -0.2) is 23.0 Å². The van der Waals surface area contributed by atoms with Gasteiger partial charge in [-0.15, -0.1) is 0 Å². The summed E-state index contributed by atoms with van der Waals surface area (Å²) in [6.07, 6.45) is 8.11. The third-order valence-electron chi connectivity index (χ3n) is 6.68. The number of halogens is 2. The molecule has 1 N–H and O–H groups in total. The van der Waals surface area contributed by atoms with Crippen LogP contribution in [0.3, 0.4) is 0 Å². The van der Waals surface area contributed by atoms with Gasteiger partial charge in [-0.2, -0.15) is 9.35 Å². The summed E-state index contributed by atoms with van der Waals surface area (Å²) in [5.41, 5.74) is 4.31. The summed E-state index contributed by atoms with van der Waals surface area (Å²) < 4.78 is 70.2. The number of nitrogens with zero attached hydrogens (tertiary/aromatic N) is 6. The average Bonchev–Trinajstić information content (AvgIpc) is 3.19. The molecule has 0 fully saturated rings. The summed E-state index contributed by atoms with van der Waals surface area (Å²) in [4.78, 5) is 14.5. The first-order valence-corrected chi connectivity index (χ1v) is 14.2. The van der Waals surface area contributed by atoms with Gasteiger partial charge >= 0.3 is 0 Å². The first-order valence-electron chi connectivity index (χ1n) is 13.4. The number of hydrogen-bond acceptors (Lipinski definition) is 7. The van der Waals surface area contributed by atoms with Crippen molar-refractivity contribution in [3.05, 3.63) is 65.0 Å². The molecule has 0 unspecified atom stereocenters. The number of fused-ring (bicyclic) bond motifs is 1. The van der Waals surface area contributed by atoms with Crippen molar-refractivity contribution in [1.29, 1.82) is 0 Å². The highest BCUT2D eigenvalue weighted by Crippen LogP contribution is 2.40. The smallest absolute Gasteiger partial charge is 0.229 e. The van der Waals surface area contributed by atoms with E-state index in [-0.39, 0.29) is 34.5 Å². The maximum absolute atomic E-state index is 14.8. The Balaban J connectivity index is 1.38. The van der Waals surface area contributed by atoms with Gasteiger partial charge in [0, 0.05) is 57.5 Å². The van der Waals surface area contributed by atoms with Crippen LogP contribution in [0.4, 0.5) is 26.2 Å². The van der Waals surface area contributed by atoms with Crippen molar-refractivity contribution < 1.29 is 17.1 Å². The molecule has 0 saturated heterocycles. The quantitative estimate of drug-likeness (QED) is 0.400. The van der Waals surface area contributed by atoms with E-state index in [9.17, 15) is 13.0 Å². The fourth-order valence-corrected chi connectivity index (χ4v) is 5.82. The molecule has 1 aromatic carbocycles. The summed E-state index contributed by atoms with van der Waals surface area (Å²) in [5.74, 6) is -1.13. The monoisotopic (exact) mass is 526 g/mol. The van der Waals surface area contributed by atoms with Crippen molar-refractivity contribution in [3.63, 3.8) is 0 Å². The molecule has 0 spiro atoms. The zero-order valence-electron chi connectivity index (χ0n) is 23.3. The van der Waals surface area contributed by atoms with E-state index in [0.29, 0.717) is 18.8 Å². The molecule has 1 aliphatic heterocycles. The summed E-state index contributed by atoms with van der Waals surface area (Å²) in [5, 5.41) is 3.34. The lowest BCUT2D eigenvalue weighted by atomic mass is 9.77. The zero-order valence-corrected chi connectivity index (χ0v) is 21.1. The molecule has 2 aliphatic rings. The highest BCUT2D eigenvalue weighted by molar-refractivity contribution is 7.92. The minimum atomic E-state index is -2.68. The number of likely N-dealkylation sites (N-methyl/N-ethyl adjacent to an activating group) is 1. The second-order valence-electron chi connectivity index (χ2n) is 9.83. The number of aromatic nitrogens is 4. The van der Waals surface area contributed by atoms with Crippen LogP contribution in [0.5, 0.6) is 0 Å². The fraction of sp³-hybridized carbons (Fsp3) is 0.346. The van der Waals surface area contributed by atoms with Crippen LogP contribution < -0.4 is 5.32 Å². The molecule has 1 atom stereocenters. The molecule has 0 radical (unpaired) electrons.